The van der Waals surface area contributed by atoms with Crippen molar-refractivity contribution in [3.63, 3.8) is 0 Å². The normalized spacial score (nSPS) is 29.1. The zero-order valence-corrected chi connectivity index (χ0v) is 12.4. The third-order valence-electron chi connectivity index (χ3n) is 4.44. The fraction of sp³-hybridized carbons (Fsp3) is 0.929. The number of nitrogens with one attached hydrogen (secondary N) is 1. The summed E-state index contributed by atoms with van der Waals surface area (Å²) >= 11 is 0. The van der Waals surface area contributed by atoms with Crippen LogP contribution in [0.4, 0.5) is 0 Å². The summed E-state index contributed by atoms with van der Waals surface area (Å²) in [5, 5.41) is 12.8. The Kier molecular flexibility index (Phi) is 4.48. The van der Waals surface area contributed by atoms with Gasteiger partial charge in [0.2, 0.25) is 0 Å². The van der Waals surface area contributed by atoms with Crippen LogP contribution in [0, 0.1) is 0 Å². The molecule has 0 spiro atoms. The largest absolute Gasteiger partial charge is 0.480 e. The Bertz CT molecular complexity index is 333. The van der Waals surface area contributed by atoms with E-state index in [-0.39, 0.29) is 0 Å². The molecule has 0 aromatic carbocycles. The van der Waals surface area contributed by atoms with Crippen LogP contribution >= 0.6 is 0 Å². The van der Waals surface area contributed by atoms with Gasteiger partial charge in [0.1, 0.15) is 5.54 Å². The van der Waals surface area contributed by atoms with Gasteiger partial charge in [-0.3, -0.25) is 15.0 Å². The molecule has 0 bridgehead atoms. The quantitative estimate of drug-likeness (QED) is 0.740. The van der Waals surface area contributed by atoms with Crippen molar-refractivity contribution in [2.45, 2.75) is 50.7 Å². The maximum absolute atomic E-state index is 11.5. The Morgan fingerprint density at radius 2 is 2.11 bits per heavy atom. The maximum atomic E-state index is 11.5. The second kappa shape index (κ2) is 5.77. The van der Waals surface area contributed by atoms with Crippen molar-refractivity contribution in [1.82, 2.24) is 15.1 Å². The van der Waals surface area contributed by atoms with Gasteiger partial charge >= 0.3 is 5.97 Å². The van der Waals surface area contributed by atoms with Gasteiger partial charge in [-0.1, -0.05) is 0 Å². The molecule has 0 amide bonds. The predicted octanol–water partition coefficient (Wildman–Crippen LogP) is 0.608. The summed E-state index contributed by atoms with van der Waals surface area (Å²) in [6, 6.07) is 0.934. The molecule has 0 radical (unpaired) electrons. The maximum Gasteiger partial charge on any atom is 0.323 e. The van der Waals surface area contributed by atoms with Crippen LogP contribution in [0.15, 0.2) is 0 Å². The monoisotopic (exact) mass is 269 g/mol. The molecule has 0 aromatic rings. The van der Waals surface area contributed by atoms with Crippen molar-refractivity contribution in [2.75, 3.05) is 33.2 Å². The molecule has 19 heavy (non-hydrogen) atoms. The SMILES string of the molecule is CC1CN(C)CCN1CCC(C)(NC1CC1)C(=O)O. The van der Waals surface area contributed by atoms with E-state index in [1.54, 1.807) is 0 Å². The van der Waals surface area contributed by atoms with Crippen LogP contribution in [0.2, 0.25) is 0 Å². The summed E-state index contributed by atoms with van der Waals surface area (Å²) in [6.45, 7) is 8.09. The van der Waals surface area contributed by atoms with Gasteiger partial charge in [-0.15, -0.1) is 0 Å². The highest BCUT2D eigenvalue weighted by molar-refractivity contribution is 5.78. The van der Waals surface area contributed by atoms with Gasteiger partial charge in [0.05, 0.1) is 0 Å². The highest BCUT2D eigenvalue weighted by Crippen LogP contribution is 2.25. The average molecular weight is 269 g/mol. The molecule has 5 heteroatoms. The van der Waals surface area contributed by atoms with Gasteiger partial charge in [0.25, 0.3) is 0 Å². The molecular formula is C14H27N3O2. The Balaban J connectivity index is 1.85. The molecule has 2 N–H and O–H groups in total. The standard InChI is InChI=1S/C14H27N3O2/c1-11-10-16(3)8-9-17(11)7-6-14(2,13(18)19)15-12-4-5-12/h11-12,15H,4-10H2,1-3H3,(H,18,19). The van der Waals surface area contributed by atoms with E-state index < -0.39 is 11.5 Å². The number of carbonyl (C=O) groups is 1. The number of hydrogen-bond acceptors (Lipinski definition) is 4. The number of carboxylic acids is 1. The number of aliphatic carboxylic acids is 1. The summed E-state index contributed by atoms with van der Waals surface area (Å²) < 4.78 is 0. The smallest absolute Gasteiger partial charge is 0.323 e. The van der Waals surface area contributed by atoms with Crippen LogP contribution in [-0.4, -0.2) is 71.7 Å². The molecule has 1 heterocycles. The van der Waals surface area contributed by atoms with Crippen LogP contribution in [0.3, 0.4) is 0 Å². The van der Waals surface area contributed by atoms with E-state index in [1.807, 2.05) is 6.92 Å². The lowest BCUT2D eigenvalue weighted by Crippen LogP contribution is -2.55. The fourth-order valence-corrected chi connectivity index (χ4v) is 2.80. The molecule has 2 fully saturated rings. The first-order valence-corrected chi connectivity index (χ1v) is 7.34. The van der Waals surface area contributed by atoms with Crippen LogP contribution in [0.5, 0.6) is 0 Å². The molecule has 0 aromatic heterocycles. The summed E-state index contributed by atoms with van der Waals surface area (Å²) in [5.74, 6) is -0.721. The van der Waals surface area contributed by atoms with Gasteiger partial charge in [-0.25, -0.2) is 0 Å². The first kappa shape index (κ1) is 14.8. The van der Waals surface area contributed by atoms with Gasteiger partial charge < -0.3 is 10.0 Å². The molecule has 1 aliphatic heterocycles. The number of nitrogens with zero attached hydrogens (tertiary/aromatic N) is 2. The molecule has 1 aliphatic carbocycles. The topological polar surface area (TPSA) is 55.8 Å². The van der Waals surface area contributed by atoms with Gasteiger partial charge in [0.15, 0.2) is 0 Å². The molecule has 2 atom stereocenters. The van der Waals surface area contributed by atoms with Crippen molar-refractivity contribution < 1.29 is 9.90 Å². The van der Waals surface area contributed by atoms with Crippen LogP contribution in [-0.2, 0) is 4.79 Å². The number of hydrogen-bond donors (Lipinski definition) is 2. The molecule has 2 rings (SSSR count). The molecule has 1 saturated carbocycles. The first-order valence-electron chi connectivity index (χ1n) is 7.34. The lowest BCUT2D eigenvalue weighted by molar-refractivity contribution is -0.144. The van der Waals surface area contributed by atoms with E-state index >= 15 is 0 Å². The third-order valence-corrected chi connectivity index (χ3v) is 4.44. The van der Waals surface area contributed by atoms with Crippen molar-refractivity contribution in [3.8, 4) is 0 Å². The molecule has 2 unspecified atom stereocenters. The van der Waals surface area contributed by atoms with Gasteiger partial charge in [-0.05, 0) is 40.2 Å². The number of rotatable bonds is 6. The van der Waals surface area contributed by atoms with E-state index in [1.165, 1.54) is 0 Å². The van der Waals surface area contributed by atoms with E-state index in [0.29, 0.717) is 18.5 Å². The Morgan fingerprint density at radius 1 is 1.42 bits per heavy atom. The summed E-state index contributed by atoms with van der Waals surface area (Å²) in [4.78, 5) is 16.2. The van der Waals surface area contributed by atoms with Crippen molar-refractivity contribution in [2.24, 2.45) is 0 Å². The van der Waals surface area contributed by atoms with Crippen molar-refractivity contribution >= 4 is 5.97 Å². The minimum Gasteiger partial charge on any atom is -0.480 e. The van der Waals surface area contributed by atoms with Crippen LogP contribution in [0.1, 0.15) is 33.1 Å². The highest BCUT2D eigenvalue weighted by Gasteiger charge is 2.38. The molecule has 5 nitrogen and oxygen atoms in total. The lowest BCUT2D eigenvalue weighted by Gasteiger charge is -2.39. The highest BCUT2D eigenvalue weighted by atomic mass is 16.4. The van der Waals surface area contributed by atoms with E-state index in [9.17, 15) is 9.90 Å². The van der Waals surface area contributed by atoms with Crippen molar-refractivity contribution in [1.29, 1.82) is 0 Å². The minimum absolute atomic E-state index is 0.422. The Hall–Kier alpha value is -0.650. The molecular weight excluding hydrogens is 242 g/mol. The first-order chi connectivity index (χ1) is 8.90. The van der Waals surface area contributed by atoms with Crippen molar-refractivity contribution in [3.05, 3.63) is 0 Å². The van der Waals surface area contributed by atoms with Gasteiger partial charge in [0, 0.05) is 38.3 Å². The van der Waals surface area contributed by atoms with E-state index in [4.69, 9.17) is 0 Å². The molecule has 110 valence electrons. The number of carboxylic acid groups (broad SMARTS) is 1. The second-order valence-corrected chi connectivity index (χ2v) is 6.45. The van der Waals surface area contributed by atoms with E-state index in [2.05, 4.69) is 29.1 Å². The summed E-state index contributed by atoms with van der Waals surface area (Å²) in [7, 11) is 2.14. The molecule has 2 aliphatic rings. The Labute approximate surface area is 115 Å². The number of piperazine rings is 1. The average Bonchev–Trinajstić information content (AvgIpc) is 3.11. The van der Waals surface area contributed by atoms with Crippen LogP contribution < -0.4 is 5.32 Å². The lowest BCUT2D eigenvalue weighted by atomic mass is 9.96. The minimum atomic E-state index is -0.774. The van der Waals surface area contributed by atoms with Crippen LogP contribution in [0.25, 0.3) is 0 Å². The summed E-state index contributed by atoms with van der Waals surface area (Å²) in [6.07, 6.45) is 2.91. The van der Waals surface area contributed by atoms with Gasteiger partial charge in [-0.2, -0.15) is 0 Å². The zero-order chi connectivity index (χ0) is 14.0. The predicted molar refractivity (Wildman–Crippen MR) is 75.3 cm³/mol. The van der Waals surface area contributed by atoms with E-state index in [0.717, 1.165) is 39.0 Å². The fourth-order valence-electron chi connectivity index (χ4n) is 2.80. The summed E-state index contributed by atoms with van der Waals surface area (Å²) in [5.41, 5.74) is -0.774. The second-order valence-electron chi connectivity index (χ2n) is 6.45. The molecule has 1 saturated heterocycles. The zero-order valence-electron chi connectivity index (χ0n) is 12.4. The number of likely N-dealkylation sites (N-methyl/N-ethyl adjacent to an activating group) is 1. The third kappa shape index (κ3) is 3.91. The Morgan fingerprint density at radius 3 is 2.63 bits per heavy atom.